The molecule has 0 saturated carbocycles. The molecular formula is C27H25N3O2S. The first-order valence-corrected chi connectivity index (χ1v) is 11.6. The molecule has 4 rings (SSSR count). The Labute approximate surface area is 198 Å². The highest BCUT2D eigenvalue weighted by atomic mass is 32.2. The van der Waals surface area contributed by atoms with Crippen LogP contribution in [0, 0.1) is 25.2 Å². The third kappa shape index (κ3) is 4.37. The van der Waals surface area contributed by atoms with Gasteiger partial charge in [-0.1, -0.05) is 44.2 Å². The second-order valence-corrected chi connectivity index (χ2v) is 9.44. The summed E-state index contributed by atoms with van der Waals surface area (Å²) in [6.45, 7) is 8.48. The number of thioether (sulfide) groups is 1. The van der Waals surface area contributed by atoms with E-state index in [9.17, 15) is 14.9 Å². The van der Waals surface area contributed by atoms with E-state index in [1.807, 2.05) is 19.9 Å². The number of benzene rings is 2. The number of carbonyl (C=O) groups excluding carboxylic acids is 2. The van der Waals surface area contributed by atoms with Crippen molar-refractivity contribution in [1.82, 2.24) is 9.47 Å². The molecule has 0 radical (unpaired) electrons. The molecule has 0 N–H and O–H groups in total. The summed E-state index contributed by atoms with van der Waals surface area (Å²) in [5.41, 5.74) is 6.44. The molecule has 1 aliphatic rings. The van der Waals surface area contributed by atoms with Crippen molar-refractivity contribution in [2.24, 2.45) is 0 Å². The lowest BCUT2D eigenvalue weighted by atomic mass is 10.0. The second-order valence-electron chi connectivity index (χ2n) is 8.44. The van der Waals surface area contributed by atoms with Gasteiger partial charge in [0.1, 0.15) is 0 Å². The average Bonchev–Trinajstić information content (AvgIpc) is 3.23. The normalized spacial score (nSPS) is 15.0. The van der Waals surface area contributed by atoms with Crippen LogP contribution in [0.25, 0.3) is 11.8 Å². The van der Waals surface area contributed by atoms with Crippen LogP contribution in [0.2, 0.25) is 0 Å². The van der Waals surface area contributed by atoms with Gasteiger partial charge in [0.2, 0.25) is 0 Å². The molecule has 2 aromatic carbocycles. The number of aryl methyl sites for hydroxylation is 1. The van der Waals surface area contributed by atoms with E-state index in [0.29, 0.717) is 21.9 Å². The van der Waals surface area contributed by atoms with E-state index in [4.69, 9.17) is 0 Å². The van der Waals surface area contributed by atoms with E-state index >= 15 is 0 Å². The van der Waals surface area contributed by atoms with E-state index in [-0.39, 0.29) is 17.7 Å². The van der Waals surface area contributed by atoms with Gasteiger partial charge in [-0.3, -0.25) is 14.5 Å². The van der Waals surface area contributed by atoms with Crippen LogP contribution in [-0.4, -0.2) is 20.6 Å². The molecule has 33 heavy (non-hydrogen) atoms. The van der Waals surface area contributed by atoms with Crippen LogP contribution < -0.4 is 0 Å². The van der Waals surface area contributed by atoms with Crippen molar-refractivity contribution >= 4 is 29.0 Å². The number of amides is 2. The van der Waals surface area contributed by atoms with Crippen LogP contribution in [0.5, 0.6) is 0 Å². The maximum absolute atomic E-state index is 13.0. The molecule has 0 aliphatic carbocycles. The summed E-state index contributed by atoms with van der Waals surface area (Å²) < 4.78 is 2.16. The molecule has 1 saturated heterocycles. The first-order chi connectivity index (χ1) is 15.8. The van der Waals surface area contributed by atoms with Crippen molar-refractivity contribution in [3.8, 4) is 11.8 Å². The fourth-order valence-corrected chi connectivity index (χ4v) is 4.88. The Bertz CT molecular complexity index is 1310. The third-order valence-corrected chi connectivity index (χ3v) is 6.82. The van der Waals surface area contributed by atoms with Gasteiger partial charge >= 0.3 is 0 Å². The van der Waals surface area contributed by atoms with Gasteiger partial charge in [0, 0.05) is 17.1 Å². The van der Waals surface area contributed by atoms with Crippen molar-refractivity contribution in [2.45, 2.75) is 40.2 Å². The Balaban J connectivity index is 1.62. The molecule has 2 heterocycles. The maximum atomic E-state index is 13.0. The molecule has 6 heteroatoms. The predicted octanol–water partition coefficient (Wildman–Crippen LogP) is 6.33. The summed E-state index contributed by atoms with van der Waals surface area (Å²) in [6.07, 6.45) is 1.79. The summed E-state index contributed by atoms with van der Waals surface area (Å²) in [6, 6.07) is 19.7. The van der Waals surface area contributed by atoms with Crippen molar-refractivity contribution in [2.75, 3.05) is 0 Å². The average molecular weight is 456 g/mol. The number of hydrogen-bond donors (Lipinski definition) is 0. The van der Waals surface area contributed by atoms with Crippen molar-refractivity contribution in [3.05, 3.63) is 93.1 Å². The van der Waals surface area contributed by atoms with E-state index in [1.165, 1.54) is 10.5 Å². The molecule has 0 bridgehead atoms. The van der Waals surface area contributed by atoms with Crippen LogP contribution >= 0.6 is 11.8 Å². The van der Waals surface area contributed by atoms with Gasteiger partial charge < -0.3 is 4.57 Å². The smallest absolute Gasteiger partial charge is 0.293 e. The van der Waals surface area contributed by atoms with Gasteiger partial charge in [-0.15, -0.1) is 0 Å². The minimum absolute atomic E-state index is 0.0902. The summed E-state index contributed by atoms with van der Waals surface area (Å²) >= 11 is 0.940. The Morgan fingerprint density at radius 3 is 2.42 bits per heavy atom. The molecule has 1 fully saturated rings. The Morgan fingerprint density at radius 2 is 1.76 bits per heavy atom. The molecule has 2 amide bonds. The van der Waals surface area contributed by atoms with Crippen molar-refractivity contribution in [3.63, 3.8) is 0 Å². The fraction of sp³-hybridized carbons (Fsp3) is 0.222. The minimum Gasteiger partial charge on any atom is -0.318 e. The third-order valence-electron chi connectivity index (χ3n) is 5.91. The van der Waals surface area contributed by atoms with Crippen LogP contribution in [0.3, 0.4) is 0 Å². The fourth-order valence-electron chi connectivity index (χ4n) is 4.05. The molecule has 1 aliphatic heterocycles. The Kier molecular flexibility index (Phi) is 6.26. The molecule has 3 aromatic rings. The predicted molar refractivity (Wildman–Crippen MR) is 132 cm³/mol. The van der Waals surface area contributed by atoms with Gasteiger partial charge in [0.05, 0.1) is 23.1 Å². The summed E-state index contributed by atoms with van der Waals surface area (Å²) in [5.74, 6) is 0.140. The standard InChI is InChI=1S/C27H25N3O2S/c1-17(2)20-9-11-24(12-10-20)30-18(3)13-23(19(30)4)14-25-26(31)29(27(32)33-25)16-22-8-6-5-7-21(22)15-28/h5-14,17H,16H2,1-4H3/b25-14+. The number of rotatable bonds is 5. The topological polar surface area (TPSA) is 66.1 Å². The van der Waals surface area contributed by atoms with Gasteiger partial charge in [0.15, 0.2) is 0 Å². The monoisotopic (exact) mass is 455 g/mol. The molecule has 0 unspecified atom stereocenters. The maximum Gasteiger partial charge on any atom is 0.293 e. The summed E-state index contributed by atoms with van der Waals surface area (Å²) in [5, 5.41) is 8.99. The molecule has 5 nitrogen and oxygen atoms in total. The SMILES string of the molecule is Cc1cc(/C=C2/SC(=O)N(Cc3ccccc3C#N)C2=O)c(C)n1-c1ccc(C(C)C)cc1. The lowest BCUT2D eigenvalue weighted by molar-refractivity contribution is -0.123. The zero-order chi connectivity index (χ0) is 23.7. The number of hydrogen-bond acceptors (Lipinski definition) is 4. The lowest BCUT2D eigenvalue weighted by Crippen LogP contribution is -2.27. The zero-order valence-electron chi connectivity index (χ0n) is 19.1. The summed E-state index contributed by atoms with van der Waals surface area (Å²) in [7, 11) is 0. The van der Waals surface area contributed by atoms with Crippen LogP contribution in [0.15, 0.2) is 59.5 Å². The Hall–Kier alpha value is -3.56. The zero-order valence-corrected chi connectivity index (χ0v) is 19.9. The molecular weight excluding hydrogens is 430 g/mol. The lowest BCUT2D eigenvalue weighted by Gasteiger charge is -2.13. The molecule has 0 spiro atoms. The number of imide groups is 1. The van der Waals surface area contributed by atoms with E-state index in [0.717, 1.165) is 34.4 Å². The Morgan fingerprint density at radius 1 is 1.06 bits per heavy atom. The molecule has 0 atom stereocenters. The van der Waals surface area contributed by atoms with E-state index in [1.54, 1.807) is 30.3 Å². The second kappa shape index (κ2) is 9.13. The van der Waals surface area contributed by atoms with Crippen LogP contribution in [0.1, 0.15) is 53.4 Å². The quantitative estimate of drug-likeness (QED) is 0.422. The minimum atomic E-state index is -0.330. The first kappa shape index (κ1) is 22.6. The largest absolute Gasteiger partial charge is 0.318 e. The summed E-state index contributed by atoms with van der Waals surface area (Å²) in [4.78, 5) is 27.2. The van der Waals surface area contributed by atoms with Crippen molar-refractivity contribution in [1.29, 1.82) is 5.26 Å². The van der Waals surface area contributed by atoms with Gasteiger partial charge in [0.25, 0.3) is 11.1 Å². The highest BCUT2D eigenvalue weighted by Gasteiger charge is 2.35. The number of nitrogens with zero attached hydrogens (tertiary/aromatic N) is 3. The highest BCUT2D eigenvalue weighted by molar-refractivity contribution is 8.18. The van der Waals surface area contributed by atoms with Gasteiger partial charge in [-0.05, 0) is 78.6 Å². The number of nitriles is 1. The van der Waals surface area contributed by atoms with Gasteiger partial charge in [-0.25, -0.2) is 0 Å². The van der Waals surface area contributed by atoms with Gasteiger partial charge in [-0.2, -0.15) is 5.26 Å². The van der Waals surface area contributed by atoms with Crippen LogP contribution in [-0.2, 0) is 11.3 Å². The van der Waals surface area contributed by atoms with Crippen LogP contribution in [0.4, 0.5) is 4.79 Å². The van der Waals surface area contributed by atoms with E-state index in [2.05, 4.69) is 48.7 Å². The highest BCUT2D eigenvalue weighted by Crippen LogP contribution is 2.35. The first-order valence-electron chi connectivity index (χ1n) is 10.8. The molecule has 166 valence electrons. The molecule has 1 aromatic heterocycles. The van der Waals surface area contributed by atoms with Crippen molar-refractivity contribution < 1.29 is 9.59 Å². The van der Waals surface area contributed by atoms with E-state index < -0.39 is 0 Å². The number of aromatic nitrogens is 1. The number of carbonyl (C=O) groups is 2.